The van der Waals surface area contributed by atoms with Crippen molar-refractivity contribution in [3.63, 3.8) is 0 Å². The lowest BCUT2D eigenvalue weighted by Gasteiger charge is -2.08. The fourth-order valence-corrected chi connectivity index (χ4v) is 2.78. The highest BCUT2D eigenvalue weighted by Gasteiger charge is 2.09. The van der Waals surface area contributed by atoms with Crippen LogP contribution in [0.2, 0.25) is 0 Å². The molecule has 0 aliphatic rings. The van der Waals surface area contributed by atoms with Crippen LogP contribution in [0, 0.1) is 5.82 Å². The molecule has 0 saturated heterocycles. The van der Waals surface area contributed by atoms with Gasteiger partial charge < -0.3 is 5.32 Å². The number of benzene rings is 2. The van der Waals surface area contributed by atoms with Crippen LogP contribution < -0.4 is 10.9 Å². The standard InChI is InChI=1S/C19H15FN6O2/c20-14-5-6-17-16(12-14)19(28)26(24-23-17)10-8-21-18(27)13-3-1-4-15(11-13)25-9-2-7-22-25/h1-7,9,11-12H,8,10H2,(H,21,27). The highest BCUT2D eigenvalue weighted by molar-refractivity contribution is 5.94. The average molecular weight is 378 g/mol. The third-order valence-corrected chi connectivity index (χ3v) is 4.17. The second-order valence-electron chi connectivity index (χ2n) is 6.04. The third-order valence-electron chi connectivity index (χ3n) is 4.17. The van der Waals surface area contributed by atoms with E-state index >= 15 is 0 Å². The molecular weight excluding hydrogens is 363 g/mol. The van der Waals surface area contributed by atoms with Gasteiger partial charge in [-0.1, -0.05) is 11.3 Å². The van der Waals surface area contributed by atoms with Crippen LogP contribution in [0.5, 0.6) is 0 Å². The lowest BCUT2D eigenvalue weighted by atomic mass is 10.2. The molecule has 9 heteroatoms. The Hall–Kier alpha value is -3.88. The number of hydrogen-bond acceptors (Lipinski definition) is 5. The minimum Gasteiger partial charge on any atom is -0.350 e. The van der Waals surface area contributed by atoms with E-state index in [1.165, 1.54) is 12.1 Å². The van der Waals surface area contributed by atoms with Gasteiger partial charge in [-0.3, -0.25) is 9.59 Å². The van der Waals surface area contributed by atoms with Crippen molar-refractivity contribution in [1.29, 1.82) is 0 Å². The Balaban J connectivity index is 1.45. The molecule has 0 unspecified atom stereocenters. The van der Waals surface area contributed by atoms with Crippen LogP contribution in [0.15, 0.2) is 65.7 Å². The molecule has 4 rings (SSSR count). The van der Waals surface area contributed by atoms with Crippen LogP contribution in [0.3, 0.4) is 0 Å². The summed E-state index contributed by atoms with van der Waals surface area (Å²) in [5.74, 6) is -0.809. The molecule has 0 aliphatic heterocycles. The van der Waals surface area contributed by atoms with Gasteiger partial charge in [-0.15, -0.1) is 5.10 Å². The second-order valence-corrected chi connectivity index (χ2v) is 6.04. The number of halogens is 1. The van der Waals surface area contributed by atoms with Gasteiger partial charge in [0.2, 0.25) is 0 Å². The first kappa shape index (κ1) is 17.5. The number of carbonyl (C=O) groups excluding carboxylic acids is 1. The van der Waals surface area contributed by atoms with E-state index in [2.05, 4.69) is 20.7 Å². The first-order valence-corrected chi connectivity index (χ1v) is 8.53. The van der Waals surface area contributed by atoms with Crippen LogP contribution in [-0.2, 0) is 6.54 Å². The molecule has 4 aromatic rings. The average Bonchev–Trinajstić information content (AvgIpc) is 3.25. The molecule has 2 aromatic heterocycles. The molecule has 1 N–H and O–H groups in total. The Morgan fingerprint density at radius 1 is 1.14 bits per heavy atom. The SMILES string of the molecule is O=C(NCCn1nnc2ccc(F)cc2c1=O)c1cccc(-n2cccn2)c1. The van der Waals surface area contributed by atoms with Crippen molar-refractivity contribution in [2.24, 2.45) is 0 Å². The Morgan fingerprint density at radius 3 is 2.86 bits per heavy atom. The quantitative estimate of drug-likeness (QED) is 0.569. The number of rotatable bonds is 5. The minimum absolute atomic E-state index is 0.114. The largest absolute Gasteiger partial charge is 0.350 e. The maximum Gasteiger partial charge on any atom is 0.277 e. The molecule has 140 valence electrons. The van der Waals surface area contributed by atoms with Crippen molar-refractivity contribution in [1.82, 2.24) is 30.1 Å². The number of nitrogens with zero attached hydrogens (tertiary/aromatic N) is 5. The summed E-state index contributed by atoms with van der Waals surface area (Å²) in [5, 5.41) is 14.7. The predicted molar refractivity (Wildman–Crippen MR) is 99.7 cm³/mol. The molecule has 28 heavy (non-hydrogen) atoms. The van der Waals surface area contributed by atoms with Crippen molar-refractivity contribution in [2.75, 3.05) is 6.54 Å². The van der Waals surface area contributed by atoms with E-state index in [1.807, 2.05) is 6.07 Å². The topological polar surface area (TPSA) is 94.7 Å². The lowest BCUT2D eigenvalue weighted by Crippen LogP contribution is -2.32. The third kappa shape index (κ3) is 3.50. The molecule has 0 aliphatic carbocycles. The van der Waals surface area contributed by atoms with E-state index < -0.39 is 11.4 Å². The summed E-state index contributed by atoms with van der Waals surface area (Å²) in [6, 6.07) is 12.5. The van der Waals surface area contributed by atoms with Crippen LogP contribution in [0.1, 0.15) is 10.4 Å². The van der Waals surface area contributed by atoms with Crippen molar-refractivity contribution in [2.45, 2.75) is 6.54 Å². The van der Waals surface area contributed by atoms with E-state index in [0.29, 0.717) is 11.1 Å². The van der Waals surface area contributed by atoms with Crippen molar-refractivity contribution in [3.05, 3.63) is 82.7 Å². The molecule has 2 aromatic carbocycles. The Labute approximate surface area is 158 Å². The zero-order chi connectivity index (χ0) is 19.5. The highest BCUT2D eigenvalue weighted by Crippen LogP contribution is 2.10. The zero-order valence-electron chi connectivity index (χ0n) is 14.6. The van der Waals surface area contributed by atoms with Crippen molar-refractivity contribution < 1.29 is 9.18 Å². The van der Waals surface area contributed by atoms with Crippen LogP contribution in [-0.4, -0.2) is 37.2 Å². The Bertz CT molecular complexity index is 1200. The van der Waals surface area contributed by atoms with Crippen molar-refractivity contribution in [3.8, 4) is 5.69 Å². The molecule has 0 spiro atoms. The van der Waals surface area contributed by atoms with Crippen LogP contribution in [0.25, 0.3) is 16.6 Å². The maximum atomic E-state index is 13.4. The van der Waals surface area contributed by atoms with Gasteiger partial charge in [0.25, 0.3) is 11.5 Å². The molecule has 0 atom stereocenters. The summed E-state index contributed by atoms with van der Waals surface area (Å²) in [6.07, 6.45) is 3.44. The Kier molecular flexibility index (Phi) is 4.63. The molecule has 0 radical (unpaired) electrons. The number of fused-ring (bicyclic) bond motifs is 1. The Morgan fingerprint density at radius 2 is 2.04 bits per heavy atom. The van der Waals surface area contributed by atoms with E-state index in [-0.39, 0.29) is 24.4 Å². The monoisotopic (exact) mass is 378 g/mol. The highest BCUT2D eigenvalue weighted by atomic mass is 19.1. The first-order chi connectivity index (χ1) is 13.6. The maximum absolute atomic E-state index is 13.4. The summed E-state index contributed by atoms with van der Waals surface area (Å²) in [5.41, 5.74) is 1.09. The van der Waals surface area contributed by atoms with Crippen molar-refractivity contribution >= 4 is 16.8 Å². The summed E-state index contributed by atoms with van der Waals surface area (Å²) in [4.78, 5) is 24.8. The number of aromatic nitrogens is 5. The number of amides is 1. The zero-order valence-corrected chi connectivity index (χ0v) is 14.6. The number of carbonyl (C=O) groups is 1. The first-order valence-electron chi connectivity index (χ1n) is 8.53. The predicted octanol–water partition coefficient (Wildman–Crippen LogP) is 1.55. The van der Waals surface area contributed by atoms with Gasteiger partial charge in [-0.2, -0.15) is 5.10 Å². The molecular formula is C19H15FN6O2. The molecule has 0 fully saturated rings. The lowest BCUT2D eigenvalue weighted by molar-refractivity contribution is 0.0951. The van der Waals surface area contributed by atoms with Gasteiger partial charge >= 0.3 is 0 Å². The smallest absolute Gasteiger partial charge is 0.277 e. The van der Waals surface area contributed by atoms with E-state index in [1.54, 1.807) is 41.3 Å². The summed E-state index contributed by atoms with van der Waals surface area (Å²) in [6.45, 7) is 0.281. The summed E-state index contributed by atoms with van der Waals surface area (Å²) >= 11 is 0. The van der Waals surface area contributed by atoms with E-state index in [9.17, 15) is 14.0 Å². The molecule has 1 amide bonds. The number of hydrogen-bond donors (Lipinski definition) is 1. The van der Waals surface area contributed by atoms with E-state index in [4.69, 9.17) is 0 Å². The van der Waals surface area contributed by atoms with Crippen LogP contribution in [0.4, 0.5) is 4.39 Å². The molecule has 8 nitrogen and oxygen atoms in total. The van der Waals surface area contributed by atoms with Gasteiger partial charge in [0.05, 0.1) is 17.6 Å². The summed E-state index contributed by atoms with van der Waals surface area (Å²) < 4.78 is 16.1. The fourth-order valence-electron chi connectivity index (χ4n) is 2.78. The summed E-state index contributed by atoms with van der Waals surface area (Å²) in [7, 11) is 0. The van der Waals surface area contributed by atoms with Gasteiger partial charge in [0, 0.05) is 24.5 Å². The van der Waals surface area contributed by atoms with Gasteiger partial charge in [-0.05, 0) is 42.5 Å². The molecule has 0 bridgehead atoms. The fraction of sp³-hybridized carbons (Fsp3) is 0.105. The molecule has 0 saturated carbocycles. The van der Waals surface area contributed by atoms with Crippen LogP contribution >= 0.6 is 0 Å². The number of nitrogens with one attached hydrogen (secondary N) is 1. The normalized spacial score (nSPS) is 10.9. The van der Waals surface area contributed by atoms with Gasteiger partial charge in [0.1, 0.15) is 11.3 Å². The van der Waals surface area contributed by atoms with Gasteiger partial charge in [0.15, 0.2) is 0 Å². The second kappa shape index (κ2) is 7.39. The van der Waals surface area contributed by atoms with E-state index in [0.717, 1.165) is 16.4 Å². The molecule has 2 heterocycles. The van der Waals surface area contributed by atoms with Gasteiger partial charge in [-0.25, -0.2) is 13.8 Å². The minimum atomic E-state index is -0.519.